The Morgan fingerprint density at radius 2 is 1.89 bits per heavy atom. The lowest BCUT2D eigenvalue weighted by Crippen LogP contribution is -2.52. The van der Waals surface area contributed by atoms with E-state index in [0.717, 1.165) is 31.8 Å². The van der Waals surface area contributed by atoms with Crippen molar-refractivity contribution >= 4 is 42.0 Å². The highest BCUT2D eigenvalue weighted by Gasteiger charge is 2.28. The molecule has 8 nitrogen and oxygen atoms in total. The van der Waals surface area contributed by atoms with Crippen molar-refractivity contribution in [2.75, 3.05) is 39.9 Å². The average molecular weight is 512 g/mol. The van der Waals surface area contributed by atoms with Crippen molar-refractivity contribution in [3.8, 4) is 0 Å². The van der Waals surface area contributed by atoms with Gasteiger partial charge in [-0.3, -0.25) is 9.79 Å². The number of esters is 1. The highest BCUT2D eigenvalue weighted by atomic mass is 127. The average Bonchev–Trinajstić information content (AvgIpc) is 2.62. The van der Waals surface area contributed by atoms with Gasteiger partial charge in [0.2, 0.25) is 0 Å². The fourth-order valence-electron chi connectivity index (χ4n) is 3.27. The molecule has 1 fully saturated rings. The molecule has 28 heavy (non-hydrogen) atoms. The molecule has 0 bridgehead atoms. The summed E-state index contributed by atoms with van der Waals surface area (Å²) in [5.74, 6) is 0.910. The number of guanidine groups is 1. The third kappa shape index (κ3) is 9.79. The normalized spacial score (nSPS) is 18.1. The lowest BCUT2D eigenvalue weighted by molar-refractivity contribution is -0.149. The molecule has 0 saturated carbocycles. The summed E-state index contributed by atoms with van der Waals surface area (Å²) in [4.78, 5) is 30.3. The molecule has 1 heterocycles. The summed E-state index contributed by atoms with van der Waals surface area (Å²) in [7, 11) is 1.73. The van der Waals surface area contributed by atoms with Crippen LogP contribution in [0.1, 0.15) is 47.0 Å². The van der Waals surface area contributed by atoms with Gasteiger partial charge in [-0.05, 0) is 39.0 Å². The van der Waals surface area contributed by atoms with Crippen molar-refractivity contribution in [1.82, 2.24) is 15.5 Å². The van der Waals surface area contributed by atoms with Crippen LogP contribution >= 0.6 is 24.0 Å². The molecule has 9 heteroatoms. The van der Waals surface area contributed by atoms with Crippen molar-refractivity contribution in [3.05, 3.63) is 0 Å². The molecule has 0 spiro atoms. The molecule has 1 amide bonds. The Morgan fingerprint density at radius 1 is 1.21 bits per heavy atom. The maximum absolute atomic E-state index is 12.1. The van der Waals surface area contributed by atoms with Crippen LogP contribution in [0.2, 0.25) is 0 Å². The molecule has 1 saturated heterocycles. The van der Waals surface area contributed by atoms with E-state index in [2.05, 4.69) is 34.4 Å². The highest BCUT2D eigenvalue weighted by Crippen LogP contribution is 2.18. The number of hydrogen-bond acceptors (Lipinski definition) is 5. The number of rotatable bonds is 8. The summed E-state index contributed by atoms with van der Waals surface area (Å²) in [5.41, 5.74) is 0. The number of alkyl carbamates (subject to hydrolysis) is 1. The summed E-state index contributed by atoms with van der Waals surface area (Å²) in [6.45, 7) is 10.6. The quantitative estimate of drug-likeness (QED) is 0.225. The molecule has 1 rings (SSSR count). The molecule has 164 valence electrons. The molecule has 2 atom stereocenters. The van der Waals surface area contributed by atoms with Gasteiger partial charge in [-0.15, -0.1) is 24.0 Å². The van der Waals surface area contributed by atoms with E-state index in [1.54, 1.807) is 14.0 Å². The molecule has 1 aliphatic heterocycles. The summed E-state index contributed by atoms with van der Waals surface area (Å²) >= 11 is 0. The number of hydrogen-bond donors (Lipinski definition) is 2. The third-order valence-corrected chi connectivity index (χ3v) is 4.41. The Hall–Kier alpha value is -1.26. The minimum atomic E-state index is -0.403. The fraction of sp³-hybridized carbons (Fsp3) is 0.842. The van der Waals surface area contributed by atoms with Crippen LogP contribution in [0.15, 0.2) is 4.99 Å². The second-order valence-electron chi connectivity index (χ2n) is 7.16. The first kappa shape index (κ1) is 26.7. The predicted molar refractivity (Wildman–Crippen MR) is 121 cm³/mol. The van der Waals surface area contributed by atoms with Gasteiger partial charge >= 0.3 is 12.1 Å². The summed E-state index contributed by atoms with van der Waals surface area (Å²) in [6, 6.07) is -0.0635. The van der Waals surface area contributed by atoms with E-state index in [0.29, 0.717) is 32.2 Å². The van der Waals surface area contributed by atoms with Crippen LogP contribution in [0, 0.1) is 11.8 Å². The van der Waals surface area contributed by atoms with Crippen LogP contribution in [0.4, 0.5) is 4.79 Å². The van der Waals surface area contributed by atoms with Crippen molar-refractivity contribution < 1.29 is 19.1 Å². The second kappa shape index (κ2) is 14.7. The topological polar surface area (TPSA) is 92.3 Å². The number of likely N-dealkylation sites (tertiary alicyclic amines) is 1. The van der Waals surface area contributed by atoms with Gasteiger partial charge in [0.15, 0.2) is 5.96 Å². The van der Waals surface area contributed by atoms with E-state index in [9.17, 15) is 9.59 Å². The van der Waals surface area contributed by atoms with Crippen molar-refractivity contribution in [2.45, 2.75) is 53.0 Å². The van der Waals surface area contributed by atoms with Gasteiger partial charge in [0.25, 0.3) is 0 Å². The Bertz CT molecular complexity index is 502. The molecule has 2 unspecified atom stereocenters. The Kier molecular flexibility index (Phi) is 14.0. The van der Waals surface area contributed by atoms with Gasteiger partial charge < -0.3 is 25.0 Å². The summed E-state index contributed by atoms with van der Waals surface area (Å²) < 4.78 is 10.2. The number of aliphatic imine (C=N–C) groups is 1. The Morgan fingerprint density at radius 3 is 2.46 bits per heavy atom. The van der Waals surface area contributed by atoms with Gasteiger partial charge in [-0.2, -0.15) is 0 Å². The zero-order chi connectivity index (χ0) is 20.2. The van der Waals surface area contributed by atoms with E-state index in [-0.39, 0.29) is 41.9 Å². The Labute approximate surface area is 186 Å². The Balaban J connectivity index is 0.00000729. The van der Waals surface area contributed by atoms with E-state index in [1.807, 2.05) is 6.92 Å². The number of nitrogens with zero attached hydrogens (tertiary/aromatic N) is 2. The van der Waals surface area contributed by atoms with Crippen molar-refractivity contribution in [2.24, 2.45) is 16.8 Å². The smallest absolute Gasteiger partial charge is 0.407 e. The lowest BCUT2D eigenvalue weighted by atomic mass is 9.98. The minimum absolute atomic E-state index is 0. The number of piperidine rings is 1. The predicted octanol–water partition coefficient (Wildman–Crippen LogP) is 2.62. The SMILES string of the molecule is CCOC(=O)NC(CNC(=NC)N1CCCC(C(=O)OCC)C1)CC(C)C.I. The van der Waals surface area contributed by atoms with E-state index in [1.165, 1.54) is 0 Å². The second-order valence-corrected chi connectivity index (χ2v) is 7.16. The van der Waals surface area contributed by atoms with Crippen LogP contribution in [0.5, 0.6) is 0 Å². The first-order valence-corrected chi connectivity index (χ1v) is 9.96. The number of nitrogens with one attached hydrogen (secondary N) is 2. The molecule has 2 N–H and O–H groups in total. The molecular formula is C19H37IN4O4. The number of ether oxygens (including phenoxy) is 2. The van der Waals surface area contributed by atoms with E-state index >= 15 is 0 Å². The lowest BCUT2D eigenvalue weighted by Gasteiger charge is -2.34. The van der Waals surface area contributed by atoms with Crippen LogP contribution in [0.25, 0.3) is 0 Å². The van der Waals surface area contributed by atoms with E-state index in [4.69, 9.17) is 9.47 Å². The van der Waals surface area contributed by atoms with Crippen LogP contribution in [-0.4, -0.2) is 68.9 Å². The van der Waals surface area contributed by atoms with Gasteiger partial charge in [0, 0.05) is 32.7 Å². The summed E-state index contributed by atoms with van der Waals surface area (Å²) in [6.07, 6.45) is 2.18. The molecule has 1 aliphatic rings. The monoisotopic (exact) mass is 512 g/mol. The van der Waals surface area contributed by atoms with Gasteiger partial charge in [-0.1, -0.05) is 13.8 Å². The molecule has 0 aromatic carbocycles. The molecule has 0 aliphatic carbocycles. The largest absolute Gasteiger partial charge is 0.466 e. The van der Waals surface area contributed by atoms with Crippen molar-refractivity contribution in [3.63, 3.8) is 0 Å². The number of halogens is 1. The maximum Gasteiger partial charge on any atom is 0.407 e. The van der Waals surface area contributed by atoms with Crippen LogP contribution in [0.3, 0.4) is 0 Å². The molecule has 0 aromatic heterocycles. The highest BCUT2D eigenvalue weighted by molar-refractivity contribution is 14.0. The first-order chi connectivity index (χ1) is 12.9. The number of carbonyl (C=O) groups is 2. The zero-order valence-electron chi connectivity index (χ0n) is 17.8. The molecule has 0 radical (unpaired) electrons. The zero-order valence-corrected chi connectivity index (χ0v) is 20.2. The van der Waals surface area contributed by atoms with Crippen molar-refractivity contribution in [1.29, 1.82) is 0 Å². The van der Waals surface area contributed by atoms with E-state index < -0.39 is 6.09 Å². The van der Waals surface area contributed by atoms with Crippen LogP contribution < -0.4 is 10.6 Å². The maximum atomic E-state index is 12.1. The summed E-state index contributed by atoms with van der Waals surface area (Å²) in [5, 5.41) is 6.24. The van der Waals surface area contributed by atoms with Gasteiger partial charge in [0.05, 0.1) is 19.1 Å². The molecular weight excluding hydrogens is 475 g/mol. The number of amides is 1. The van der Waals surface area contributed by atoms with Crippen LogP contribution in [-0.2, 0) is 14.3 Å². The molecule has 0 aromatic rings. The first-order valence-electron chi connectivity index (χ1n) is 9.96. The number of carbonyl (C=O) groups excluding carboxylic acids is 2. The van der Waals surface area contributed by atoms with Gasteiger partial charge in [0.1, 0.15) is 0 Å². The fourth-order valence-corrected chi connectivity index (χ4v) is 3.27. The third-order valence-electron chi connectivity index (χ3n) is 4.41. The van der Waals surface area contributed by atoms with Gasteiger partial charge in [-0.25, -0.2) is 4.79 Å². The minimum Gasteiger partial charge on any atom is -0.466 e. The standard InChI is InChI=1S/C19H36N4O4.HI/c1-6-26-17(24)15-9-8-10-23(13-15)18(20-5)21-12-16(11-14(3)4)22-19(25)27-7-2;/h14-16H,6-13H2,1-5H3,(H,20,21)(H,22,25);1H.